The standard InChI is InChI=1S/C20H20ClN3O3/c1-13(2)12-27-20-22-18(14-6-4-8-16(21)10-14)24(23-20)19(25)15-7-5-9-17(11-15)26-3/h4-11,13H,12H2,1-3H3. The zero-order chi connectivity index (χ0) is 19.4. The van der Waals surface area contributed by atoms with Gasteiger partial charge in [-0.05, 0) is 36.2 Å². The minimum Gasteiger partial charge on any atom is -0.497 e. The Kier molecular flexibility index (Phi) is 5.76. The Labute approximate surface area is 162 Å². The quantitative estimate of drug-likeness (QED) is 0.631. The van der Waals surface area contributed by atoms with E-state index in [1.165, 1.54) is 4.68 Å². The first-order chi connectivity index (χ1) is 13.0. The first kappa shape index (κ1) is 18.9. The molecule has 3 aromatic rings. The summed E-state index contributed by atoms with van der Waals surface area (Å²) in [5, 5.41) is 4.81. The van der Waals surface area contributed by atoms with Crippen molar-refractivity contribution in [3.63, 3.8) is 0 Å². The normalized spacial score (nSPS) is 10.9. The Morgan fingerprint density at radius 2 is 1.96 bits per heavy atom. The van der Waals surface area contributed by atoms with Crippen molar-refractivity contribution in [1.29, 1.82) is 0 Å². The van der Waals surface area contributed by atoms with Gasteiger partial charge in [0.05, 0.1) is 13.7 Å². The van der Waals surface area contributed by atoms with Crippen LogP contribution in [-0.4, -0.2) is 34.4 Å². The van der Waals surface area contributed by atoms with Crippen molar-refractivity contribution in [2.24, 2.45) is 5.92 Å². The summed E-state index contributed by atoms with van der Waals surface area (Å²) in [4.78, 5) is 17.5. The van der Waals surface area contributed by atoms with Crippen LogP contribution in [0.5, 0.6) is 11.8 Å². The van der Waals surface area contributed by atoms with Gasteiger partial charge < -0.3 is 9.47 Å². The van der Waals surface area contributed by atoms with Gasteiger partial charge in [-0.15, -0.1) is 5.10 Å². The van der Waals surface area contributed by atoms with Gasteiger partial charge in [0.2, 0.25) is 0 Å². The third-order valence-electron chi connectivity index (χ3n) is 3.73. The summed E-state index contributed by atoms with van der Waals surface area (Å²) in [6.45, 7) is 4.50. The number of aromatic nitrogens is 3. The lowest BCUT2D eigenvalue weighted by molar-refractivity contribution is 0.0944. The number of ether oxygens (including phenoxy) is 2. The molecule has 0 unspecified atom stereocenters. The number of hydrogen-bond donors (Lipinski definition) is 0. The SMILES string of the molecule is COc1cccc(C(=O)n2nc(OCC(C)C)nc2-c2cccc(Cl)c2)c1. The number of halogens is 1. The molecular formula is C20H20ClN3O3. The van der Waals surface area contributed by atoms with E-state index in [1.807, 2.05) is 19.9 Å². The Morgan fingerprint density at radius 3 is 2.67 bits per heavy atom. The molecule has 0 saturated carbocycles. The smallest absolute Gasteiger partial charge is 0.336 e. The third-order valence-corrected chi connectivity index (χ3v) is 3.96. The van der Waals surface area contributed by atoms with Gasteiger partial charge in [0.15, 0.2) is 5.82 Å². The fourth-order valence-electron chi connectivity index (χ4n) is 2.43. The van der Waals surface area contributed by atoms with Crippen molar-refractivity contribution in [2.45, 2.75) is 13.8 Å². The fraction of sp³-hybridized carbons (Fsp3) is 0.250. The van der Waals surface area contributed by atoms with E-state index in [0.29, 0.717) is 40.2 Å². The van der Waals surface area contributed by atoms with E-state index in [1.54, 1.807) is 49.6 Å². The average molecular weight is 386 g/mol. The largest absolute Gasteiger partial charge is 0.497 e. The predicted molar refractivity (Wildman–Crippen MR) is 104 cm³/mol. The van der Waals surface area contributed by atoms with Crippen LogP contribution in [0.3, 0.4) is 0 Å². The summed E-state index contributed by atoms with van der Waals surface area (Å²) in [7, 11) is 1.55. The molecule has 0 aliphatic carbocycles. The number of carbonyl (C=O) groups is 1. The van der Waals surface area contributed by atoms with Crippen molar-refractivity contribution in [3.05, 3.63) is 59.1 Å². The predicted octanol–water partition coefficient (Wildman–Crippen LogP) is 4.33. The first-order valence-electron chi connectivity index (χ1n) is 8.52. The van der Waals surface area contributed by atoms with Gasteiger partial charge in [-0.1, -0.05) is 43.6 Å². The second-order valence-electron chi connectivity index (χ2n) is 6.38. The van der Waals surface area contributed by atoms with Gasteiger partial charge in [-0.25, -0.2) is 0 Å². The molecule has 27 heavy (non-hydrogen) atoms. The molecule has 0 fully saturated rings. The highest BCUT2D eigenvalue weighted by Crippen LogP contribution is 2.24. The van der Waals surface area contributed by atoms with Crippen LogP contribution in [0.4, 0.5) is 0 Å². The molecule has 0 spiro atoms. The molecule has 0 aliphatic heterocycles. The van der Waals surface area contributed by atoms with Gasteiger partial charge in [-0.3, -0.25) is 4.79 Å². The van der Waals surface area contributed by atoms with Gasteiger partial charge >= 0.3 is 6.01 Å². The molecule has 140 valence electrons. The monoisotopic (exact) mass is 385 g/mol. The molecule has 0 atom stereocenters. The maximum absolute atomic E-state index is 13.1. The number of rotatable bonds is 6. The van der Waals surface area contributed by atoms with Crippen molar-refractivity contribution in [2.75, 3.05) is 13.7 Å². The third kappa shape index (κ3) is 4.46. The van der Waals surface area contributed by atoms with E-state index in [4.69, 9.17) is 21.1 Å². The highest BCUT2D eigenvalue weighted by Gasteiger charge is 2.20. The lowest BCUT2D eigenvalue weighted by Crippen LogP contribution is -2.15. The Bertz CT molecular complexity index is 953. The Balaban J connectivity index is 2.04. The molecule has 2 aromatic carbocycles. The second kappa shape index (κ2) is 8.22. The lowest BCUT2D eigenvalue weighted by atomic mass is 10.2. The van der Waals surface area contributed by atoms with Gasteiger partial charge in [0.25, 0.3) is 5.91 Å². The van der Waals surface area contributed by atoms with Crippen LogP contribution in [0.2, 0.25) is 5.02 Å². The molecule has 0 saturated heterocycles. The molecule has 0 amide bonds. The number of methoxy groups -OCH3 is 1. The molecule has 0 aliphatic rings. The first-order valence-corrected chi connectivity index (χ1v) is 8.90. The zero-order valence-electron chi connectivity index (χ0n) is 15.3. The van der Waals surface area contributed by atoms with Gasteiger partial charge in [0.1, 0.15) is 5.75 Å². The topological polar surface area (TPSA) is 66.2 Å². The van der Waals surface area contributed by atoms with Crippen LogP contribution in [0.1, 0.15) is 24.2 Å². The highest BCUT2D eigenvalue weighted by atomic mass is 35.5. The highest BCUT2D eigenvalue weighted by molar-refractivity contribution is 6.30. The van der Waals surface area contributed by atoms with Crippen LogP contribution in [-0.2, 0) is 0 Å². The number of nitrogens with zero attached hydrogens (tertiary/aromatic N) is 3. The summed E-state index contributed by atoms with van der Waals surface area (Å²) in [5.74, 6) is 0.919. The molecule has 6 nitrogen and oxygen atoms in total. The summed E-state index contributed by atoms with van der Waals surface area (Å²) in [6.07, 6.45) is 0. The molecule has 0 bridgehead atoms. The molecule has 3 rings (SSSR count). The number of hydrogen-bond acceptors (Lipinski definition) is 5. The van der Waals surface area contributed by atoms with Crippen molar-refractivity contribution >= 4 is 17.5 Å². The van der Waals surface area contributed by atoms with Crippen LogP contribution in [0, 0.1) is 5.92 Å². The summed E-state index contributed by atoms with van der Waals surface area (Å²) >= 11 is 6.10. The van der Waals surface area contributed by atoms with Crippen LogP contribution in [0.15, 0.2) is 48.5 Å². The van der Waals surface area contributed by atoms with Crippen molar-refractivity contribution < 1.29 is 14.3 Å². The maximum Gasteiger partial charge on any atom is 0.336 e. The minimum absolute atomic E-state index is 0.148. The van der Waals surface area contributed by atoms with Gasteiger partial charge in [-0.2, -0.15) is 9.67 Å². The zero-order valence-corrected chi connectivity index (χ0v) is 16.1. The molecule has 0 N–H and O–H groups in total. The number of benzene rings is 2. The second-order valence-corrected chi connectivity index (χ2v) is 6.82. The lowest BCUT2D eigenvalue weighted by Gasteiger charge is -2.06. The average Bonchev–Trinajstić information content (AvgIpc) is 3.10. The molecule has 7 heteroatoms. The summed E-state index contributed by atoms with van der Waals surface area (Å²) in [6, 6.07) is 14.1. The summed E-state index contributed by atoms with van der Waals surface area (Å²) < 4.78 is 12.1. The molecular weight excluding hydrogens is 366 g/mol. The van der Waals surface area contributed by atoms with Crippen molar-refractivity contribution in [3.8, 4) is 23.1 Å². The Hall–Kier alpha value is -2.86. The maximum atomic E-state index is 13.1. The van der Waals surface area contributed by atoms with Gasteiger partial charge in [0, 0.05) is 16.1 Å². The fourth-order valence-corrected chi connectivity index (χ4v) is 2.62. The van der Waals surface area contributed by atoms with E-state index in [0.717, 1.165) is 0 Å². The van der Waals surface area contributed by atoms with E-state index in [9.17, 15) is 4.79 Å². The van der Waals surface area contributed by atoms with Crippen LogP contribution in [0.25, 0.3) is 11.4 Å². The molecule has 1 heterocycles. The van der Waals surface area contributed by atoms with Crippen molar-refractivity contribution in [1.82, 2.24) is 14.8 Å². The minimum atomic E-state index is -0.337. The van der Waals surface area contributed by atoms with E-state index >= 15 is 0 Å². The van der Waals surface area contributed by atoms with E-state index in [-0.39, 0.29) is 11.9 Å². The van der Waals surface area contributed by atoms with Crippen LogP contribution >= 0.6 is 11.6 Å². The molecule has 0 radical (unpaired) electrons. The molecule has 1 aromatic heterocycles. The Morgan fingerprint density at radius 1 is 1.19 bits per heavy atom. The number of carbonyl (C=O) groups excluding carboxylic acids is 1. The van der Waals surface area contributed by atoms with Crippen LogP contribution < -0.4 is 9.47 Å². The van der Waals surface area contributed by atoms with E-state index in [2.05, 4.69) is 10.1 Å². The van der Waals surface area contributed by atoms with E-state index < -0.39 is 0 Å². The summed E-state index contributed by atoms with van der Waals surface area (Å²) in [5.41, 5.74) is 1.10.